The fraction of sp³-hybridized carbons (Fsp3) is 0.143. The highest BCUT2D eigenvalue weighted by Crippen LogP contribution is 2.11. The molecule has 0 saturated carbocycles. The molecule has 2 aromatic carbocycles. The first-order chi connectivity index (χ1) is 12.5. The van der Waals surface area contributed by atoms with Gasteiger partial charge in [-0.05, 0) is 37.1 Å². The lowest BCUT2D eigenvalue weighted by atomic mass is 10.1. The standard InChI is InChI=1S/C21H19N3O2/c1-14-5-3-7-16(9-14)11-20(25)18-12-23-19(13-22-18)21(26)24-17-8-4-6-15(2)10-17/h3-10,12-13H,11H2,1-2H3,(H,24,26). The molecule has 5 heteroatoms. The van der Waals surface area contributed by atoms with Gasteiger partial charge in [0.1, 0.15) is 11.4 Å². The number of ketones is 1. The number of carbonyl (C=O) groups is 2. The van der Waals surface area contributed by atoms with Crippen molar-refractivity contribution in [3.05, 3.63) is 89.0 Å². The van der Waals surface area contributed by atoms with Gasteiger partial charge < -0.3 is 5.32 Å². The SMILES string of the molecule is Cc1cccc(CC(=O)c2cnc(C(=O)Nc3cccc(C)c3)cn2)c1. The number of hydrogen-bond donors (Lipinski definition) is 1. The summed E-state index contributed by atoms with van der Waals surface area (Å²) < 4.78 is 0. The first kappa shape index (κ1) is 17.5. The van der Waals surface area contributed by atoms with Gasteiger partial charge in [-0.25, -0.2) is 9.97 Å². The summed E-state index contributed by atoms with van der Waals surface area (Å²) in [5.41, 5.74) is 4.18. The van der Waals surface area contributed by atoms with Crippen LogP contribution in [-0.2, 0) is 6.42 Å². The summed E-state index contributed by atoms with van der Waals surface area (Å²) in [4.78, 5) is 32.8. The van der Waals surface area contributed by atoms with E-state index in [1.54, 1.807) is 6.07 Å². The molecule has 1 heterocycles. The van der Waals surface area contributed by atoms with Gasteiger partial charge >= 0.3 is 0 Å². The average Bonchev–Trinajstić information content (AvgIpc) is 2.62. The Bertz CT molecular complexity index is 871. The van der Waals surface area contributed by atoms with Gasteiger partial charge in [0.15, 0.2) is 5.78 Å². The average molecular weight is 345 g/mol. The second-order valence-electron chi connectivity index (χ2n) is 6.20. The Labute approximate surface area is 152 Å². The van der Waals surface area contributed by atoms with Gasteiger partial charge in [-0.1, -0.05) is 42.0 Å². The van der Waals surface area contributed by atoms with Gasteiger partial charge in [-0.3, -0.25) is 9.59 Å². The number of carbonyl (C=O) groups excluding carboxylic acids is 2. The Morgan fingerprint density at radius 3 is 2.19 bits per heavy atom. The molecule has 0 aliphatic rings. The van der Waals surface area contributed by atoms with Crippen molar-refractivity contribution in [3.63, 3.8) is 0 Å². The number of aromatic nitrogens is 2. The number of rotatable bonds is 5. The first-order valence-electron chi connectivity index (χ1n) is 8.30. The summed E-state index contributed by atoms with van der Waals surface area (Å²) in [5, 5.41) is 2.77. The predicted octanol–water partition coefficient (Wildman–Crippen LogP) is 3.77. The summed E-state index contributed by atoms with van der Waals surface area (Å²) in [6.45, 7) is 3.93. The van der Waals surface area contributed by atoms with Crippen molar-refractivity contribution in [1.82, 2.24) is 9.97 Å². The van der Waals surface area contributed by atoms with Crippen LogP contribution in [0.3, 0.4) is 0 Å². The van der Waals surface area contributed by atoms with Crippen molar-refractivity contribution in [2.75, 3.05) is 5.32 Å². The van der Waals surface area contributed by atoms with E-state index in [1.807, 2.05) is 56.3 Å². The van der Waals surface area contributed by atoms with Crippen molar-refractivity contribution in [2.45, 2.75) is 20.3 Å². The van der Waals surface area contributed by atoms with Crippen molar-refractivity contribution >= 4 is 17.4 Å². The molecule has 1 amide bonds. The van der Waals surface area contributed by atoms with Gasteiger partial charge in [0.25, 0.3) is 5.91 Å². The number of anilines is 1. The van der Waals surface area contributed by atoms with Crippen LogP contribution in [0.2, 0.25) is 0 Å². The maximum Gasteiger partial charge on any atom is 0.275 e. The van der Waals surface area contributed by atoms with Gasteiger partial charge in [-0.2, -0.15) is 0 Å². The third kappa shape index (κ3) is 4.39. The molecular weight excluding hydrogens is 326 g/mol. The van der Waals surface area contributed by atoms with E-state index in [-0.39, 0.29) is 29.5 Å². The van der Waals surface area contributed by atoms with Crippen LogP contribution in [0.4, 0.5) is 5.69 Å². The molecule has 26 heavy (non-hydrogen) atoms. The van der Waals surface area contributed by atoms with E-state index in [9.17, 15) is 9.59 Å². The van der Waals surface area contributed by atoms with Gasteiger partial charge in [-0.15, -0.1) is 0 Å². The van der Waals surface area contributed by atoms with Gasteiger partial charge in [0.05, 0.1) is 12.4 Å². The summed E-state index contributed by atoms with van der Waals surface area (Å²) in [7, 11) is 0. The van der Waals surface area contributed by atoms with E-state index in [1.165, 1.54) is 12.4 Å². The molecule has 0 bridgehead atoms. The lowest BCUT2D eigenvalue weighted by Gasteiger charge is -2.06. The predicted molar refractivity (Wildman–Crippen MR) is 100 cm³/mol. The summed E-state index contributed by atoms with van der Waals surface area (Å²) in [5.74, 6) is -0.491. The minimum absolute atomic E-state index is 0.131. The van der Waals surface area contributed by atoms with E-state index in [0.717, 1.165) is 16.7 Å². The molecule has 0 fully saturated rings. The first-order valence-corrected chi connectivity index (χ1v) is 8.30. The Kier molecular flexibility index (Phi) is 5.17. The molecule has 130 valence electrons. The summed E-state index contributed by atoms with van der Waals surface area (Å²) >= 11 is 0. The van der Waals surface area contributed by atoms with Crippen molar-refractivity contribution in [1.29, 1.82) is 0 Å². The molecular formula is C21H19N3O2. The van der Waals surface area contributed by atoms with E-state index in [2.05, 4.69) is 15.3 Å². The molecule has 1 N–H and O–H groups in total. The van der Waals surface area contributed by atoms with Crippen molar-refractivity contribution in [3.8, 4) is 0 Å². The van der Waals surface area contributed by atoms with Crippen LogP contribution in [0, 0.1) is 13.8 Å². The van der Waals surface area contributed by atoms with Gasteiger partial charge in [0, 0.05) is 12.1 Å². The quantitative estimate of drug-likeness (QED) is 0.715. The third-order valence-electron chi connectivity index (χ3n) is 3.89. The highest BCUT2D eigenvalue weighted by Gasteiger charge is 2.13. The molecule has 3 rings (SSSR count). The van der Waals surface area contributed by atoms with Crippen LogP contribution < -0.4 is 5.32 Å². The van der Waals surface area contributed by atoms with Gasteiger partial charge in [0.2, 0.25) is 0 Å². The second-order valence-corrected chi connectivity index (χ2v) is 6.20. The highest BCUT2D eigenvalue weighted by molar-refractivity contribution is 6.03. The zero-order valence-electron chi connectivity index (χ0n) is 14.7. The fourth-order valence-electron chi connectivity index (χ4n) is 2.61. The molecule has 0 spiro atoms. The van der Waals surface area contributed by atoms with Crippen molar-refractivity contribution in [2.24, 2.45) is 0 Å². The Morgan fingerprint density at radius 1 is 0.885 bits per heavy atom. The Morgan fingerprint density at radius 2 is 1.54 bits per heavy atom. The molecule has 0 unspecified atom stereocenters. The third-order valence-corrected chi connectivity index (χ3v) is 3.89. The molecule has 0 atom stereocenters. The number of nitrogens with zero attached hydrogens (tertiary/aromatic N) is 2. The minimum Gasteiger partial charge on any atom is -0.321 e. The van der Waals surface area contributed by atoms with E-state index in [4.69, 9.17) is 0 Å². The minimum atomic E-state index is -0.360. The van der Waals surface area contributed by atoms with Crippen LogP contribution in [0.15, 0.2) is 60.9 Å². The smallest absolute Gasteiger partial charge is 0.275 e. The van der Waals surface area contributed by atoms with E-state index >= 15 is 0 Å². The summed E-state index contributed by atoms with van der Waals surface area (Å²) in [6.07, 6.45) is 2.93. The number of benzene rings is 2. The normalized spacial score (nSPS) is 10.4. The molecule has 5 nitrogen and oxygen atoms in total. The van der Waals surface area contributed by atoms with Crippen molar-refractivity contribution < 1.29 is 9.59 Å². The maximum atomic E-state index is 12.3. The van der Waals surface area contributed by atoms with Crippen LogP contribution in [0.5, 0.6) is 0 Å². The number of amides is 1. The highest BCUT2D eigenvalue weighted by atomic mass is 16.2. The maximum absolute atomic E-state index is 12.3. The Balaban J connectivity index is 1.67. The largest absolute Gasteiger partial charge is 0.321 e. The van der Waals surface area contributed by atoms with E-state index < -0.39 is 0 Å². The van der Waals surface area contributed by atoms with Crippen LogP contribution in [0.25, 0.3) is 0 Å². The number of nitrogens with one attached hydrogen (secondary N) is 1. The lowest BCUT2D eigenvalue weighted by molar-refractivity contribution is 0.0982. The molecule has 0 aliphatic heterocycles. The number of aryl methyl sites for hydroxylation is 2. The lowest BCUT2D eigenvalue weighted by Crippen LogP contribution is -2.15. The molecule has 0 aliphatic carbocycles. The number of hydrogen-bond acceptors (Lipinski definition) is 4. The zero-order chi connectivity index (χ0) is 18.5. The number of Topliss-reactive ketones (excluding diaryl/α,β-unsaturated/α-hetero) is 1. The molecule has 1 aromatic heterocycles. The monoisotopic (exact) mass is 345 g/mol. The second kappa shape index (κ2) is 7.70. The Hall–Kier alpha value is -3.34. The topological polar surface area (TPSA) is 72.0 Å². The van der Waals surface area contributed by atoms with Crippen LogP contribution in [0.1, 0.15) is 37.7 Å². The summed E-state index contributed by atoms with van der Waals surface area (Å²) in [6, 6.07) is 15.3. The van der Waals surface area contributed by atoms with Crippen LogP contribution >= 0.6 is 0 Å². The zero-order valence-corrected chi connectivity index (χ0v) is 14.7. The molecule has 0 radical (unpaired) electrons. The van der Waals surface area contributed by atoms with Crippen LogP contribution in [-0.4, -0.2) is 21.7 Å². The molecule has 3 aromatic rings. The fourth-order valence-corrected chi connectivity index (χ4v) is 2.61. The molecule has 0 saturated heterocycles. The van der Waals surface area contributed by atoms with E-state index in [0.29, 0.717) is 5.69 Å².